The molecule has 0 bridgehead atoms. The van der Waals surface area contributed by atoms with E-state index in [-0.39, 0.29) is 30.3 Å². The fourth-order valence-electron chi connectivity index (χ4n) is 4.47. The largest absolute Gasteiger partial charge is 0.338 e. The molecule has 6 heteroatoms. The maximum absolute atomic E-state index is 13.2. The van der Waals surface area contributed by atoms with E-state index in [1.54, 1.807) is 21.9 Å². The van der Waals surface area contributed by atoms with Crippen molar-refractivity contribution in [3.8, 4) is 0 Å². The Morgan fingerprint density at radius 3 is 2.69 bits per heavy atom. The molecule has 3 aliphatic heterocycles. The predicted octanol–water partition coefficient (Wildman–Crippen LogP) is 2.04. The van der Waals surface area contributed by atoms with E-state index in [0.29, 0.717) is 24.2 Å². The van der Waals surface area contributed by atoms with Crippen molar-refractivity contribution in [2.45, 2.75) is 51.1 Å². The number of anilines is 1. The first-order chi connectivity index (χ1) is 12.6. The van der Waals surface area contributed by atoms with E-state index < -0.39 is 6.04 Å². The van der Waals surface area contributed by atoms with Crippen molar-refractivity contribution in [3.05, 3.63) is 29.8 Å². The number of likely N-dealkylation sites (tertiary alicyclic amines) is 1. The first-order valence-electron chi connectivity index (χ1n) is 9.59. The Morgan fingerprint density at radius 1 is 1.08 bits per heavy atom. The molecule has 3 heterocycles. The molecule has 0 spiro atoms. The average molecular weight is 355 g/mol. The van der Waals surface area contributed by atoms with Crippen LogP contribution in [0.2, 0.25) is 0 Å². The molecular weight excluding hydrogens is 330 g/mol. The number of piperidine rings is 1. The molecule has 3 aliphatic rings. The lowest BCUT2D eigenvalue weighted by atomic mass is 10.0. The van der Waals surface area contributed by atoms with Gasteiger partial charge in [-0.3, -0.25) is 14.4 Å². The van der Waals surface area contributed by atoms with Crippen LogP contribution in [0.15, 0.2) is 24.3 Å². The quantitative estimate of drug-likeness (QED) is 0.816. The van der Waals surface area contributed by atoms with Crippen LogP contribution in [-0.4, -0.2) is 59.2 Å². The van der Waals surface area contributed by atoms with Gasteiger partial charge in [0.05, 0.1) is 11.3 Å². The summed E-state index contributed by atoms with van der Waals surface area (Å²) in [5, 5.41) is 0. The second kappa shape index (κ2) is 6.74. The van der Waals surface area contributed by atoms with Crippen LogP contribution in [-0.2, 0) is 9.59 Å². The summed E-state index contributed by atoms with van der Waals surface area (Å²) in [6, 6.07) is 6.92. The summed E-state index contributed by atoms with van der Waals surface area (Å²) in [7, 11) is 0. The topological polar surface area (TPSA) is 60.9 Å². The molecule has 138 valence electrons. The Hall–Kier alpha value is -2.37. The smallest absolute Gasteiger partial charge is 0.256 e. The van der Waals surface area contributed by atoms with Gasteiger partial charge < -0.3 is 14.7 Å². The lowest BCUT2D eigenvalue weighted by Gasteiger charge is -2.35. The molecule has 2 fully saturated rings. The monoisotopic (exact) mass is 355 g/mol. The van der Waals surface area contributed by atoms with E-state index in [4.69, 9.17) is 0 Å². The van der Waals surface area contributed by atoms with Crippen molar-refractivity contribution in [3.63, 3.8) is 0 Å². The number of hydrogen-bond donors (Lipinski definition) is 0. The van der Waals surface area contributed by atoms with Gasteiger partial charge in [-0.25, -0.2) is 0 Å². The molecule has 3 amide bonds. The molecule has 0 aromatic heterocycles. The highest BCUT2D eigenvalue weighted by molar-refractivity contribution is 6.12. The second-order valence-electron chi connectivity index (χ2n) is 7.53. The van der Waals surface area contributed by atoms with E-state index >= 15 is 0 Å². The van der Waals surface area contributed by atoms with E-state index in [0.717, 1.165) is 32.2 Å². The molecule has 1 aromatic carbocycles. The van der Waals surface area contributed by atoms with Crippen LogP contribution < -0.4 is 4.90 Å². The highest BCUT2D eigenvalue weighted by Crippen LogP contribution is 2.32. The van der Waals surface area contributed by atoms with Crippen molar-refractivity contribution < 1.29 is 14.4 Å². The SMILES string of the molecule is CC1CCCCN1C(=O)CN1C(=O)[C@H]2CCCN2C(=O)c2ccccc21. The van der Waals surface area contributed by atoms with Crippen LogP contribution in [0.5, 0.6) is 0 Å². The minimum Gasteiger partial charge on any atom is -0.338 e. The number of rotatable bonds is 2. The second-order valence-corrected chi connectivity index (χ2v) is 7.53. The molecule has 4 rings (SSSR count). The van der Waals surface area contributed by atoms with Crippen LogP contribution in [0.25, 0.3) is 0 Å². The number of fused-ring (bicyclic) bond motifs is 2. The third-order valence-corrected chi connectivity index (χ3v) is 5.91. The molecule has 0 aliphatic carbocycles. The van der Waals surface area contributed by atoms with Crippen LogP contribution in [0.1, 0.15) is 49.4 Å². The van der Waals surface area contributed by atoms with E-state index in [1.807, 2.05) is 17.0 Å². The third-order valence-electron chi connectivity index (χ3n) is 5.91. The number of nitrogens with zero attached hydrogens (tertiary/aromatic N) is 3. The fourth-order valence-corrected chi connectivity index (χ4v) is 4.47. The van der Waals surface area contributed by atoms with Gasteiger partial charge in [0.25, 0.3) is 5.91 Å². The molecule has 6 nitrogen and oxygen atoms in total. The van der Waals surface area contributed by atoms with Crippen LogP contribution >= 0.6 is 0 Å². The van der Waals surface area contributed by atoms with E-state index in [9.17, 15) is 14.4 Å². The summed E-state index contributed by atoms with van der Waals surface area (Å²) in [6.45, 7) is 3.43. The van der Waals surface area contributed by atoms with Crippen molar-refractivity contribution in [2.75, 3.05) is 24.5 Å². The normalized spacial score (nSPS) is 25.8. The van der Waals surface area contributed by atoms with Crippen molar-refractivity contribution in [2.24, 2.45) is 0 Å². The van der Waals surface area contributed by atoms with E-state index in [2.05, 4.69) is 6.92 Å². The lowest BCUT2D eigenvalue weighted by Crippen LogP contribution is -2.51. The molecule has 26 heavy (non-hydrogen) atoms. The minimum absolute atomic E-state index is 0.0117. The molecule has 1 aromatic rings. The van der Waals surface area contributed by atoms with Crippen molar-refractivity contribution in [1.29, 1.82) is 0 Å². The van der Waals surface area contributed by atoms with Gasteiger partial charge in [0.2, 0.25) is 11.8 Å². The summed E-state index contributed by atoms with van der Waals surface area (Å²) in [4.78, 5) is 44.2. The number of hydrogen-bond acceptors (Lipinski definition) is 3. The minimum atomic E-state index is -0.443. The molecule has 2 atom stereocenters. The molecule has 0 radical (unpaired) electrons. The van der Waals surface area contributed by atoms with Crippen LogP contribution in [0.3, 0.4) is 0 Å². The first-order valence-corrected chi connectivity index (χ1v) is 9.59. The average Bonchev–Trinajstić information content (AvgIpc) is 3.12. The summed E-state index contributed by atoms with van der Waals surface area (Å²) in [5.74, 6) is -0.254. The molecule has 0 saturated carbocycles. The molecule has 0 N–H and O–H groups in total. The van der Waals surface area contributed by atoms with Gasteiger partial charge in [-0.1, -0.05) is 12.1 Å². The standard InChI is InChI=1S/C20H25N3O3/c1-14-7-4-5-11-21(14)18(24)13-23-16-9-3-2-8-15(16)19(25)22-12-6-10-17(22)20(23)26/h2-3,8-9,14,17H,4-7,10-13H2,1H3/t14?,17-/m1/s1. The lowest BCUT2D eigenvalue weighted by molar-refractivity contribution is -0.134. The van der Waals surface area contributed by atoms with Crippen LogP contribution in [0.4, 0.5) is 5.69 Å². The highest BCUT2D eigenvalue weighted by atomic mass is 16.2. The Kier molecular flexibility index (Phi) is 4.42. The van der Waals surface area contributed by atoms with Gasteiger partial charge in [0.15, 0.2) is 0 Å². The molecule has 2 saturated heterocycles. The Labute approximate surface area is 153 Å². The maximum atomic E-state index is 13.2. The zero-order valence-electron chi connectivity index (χ0n) is 15.2. The van der Waals surface area contributed by atoms with Gasteiger partial charge in [-0.15, -0.1) is 0 Å². The summed E-state index contributed by atoms with van der Waals surface area (Å²) in [6.07, 6.45) is 4.65. The Balaban J connectivity index is 1.67. The number of carbonyl (C=O) groups excluding carboxylic acids is 3. The summed E-state index contributed by atoms with van der Waals surface area (Å²) in [5.41, 5.74) is 1.08. The molecule has 1 unspecified atom stereocenters. The van der Waals surface area contributed by atoms with E-state index in [1.165, 1.54) is 0 Å². The highest BCUT2D eigenvalue weighted by Gasteiger charge is 2.42. The number of carbonyl (C=O) groups is 3. The van der Waals surface area contributed by atoms with Gasteiger partial charge >= 0.3 is 0 Å². The van der Waals surface area contributed by atoms with Gasteiger partial charge in [-0.2, -0.15) is 0 Å². The van der Waals surface area contributed by atoms with Crippen LogP contribution in [0, 0.1) is 0 Å². The van der Waals surface area contributed by atoms with Crippen molar-refractivity contribution >= 4 is 23.4 Å². The Bertz CT molecular complexity index is 748. The number of para-hydroxylation sites is 1. The fraction of sp³-hybridized carbons (Fsp3) is 0.550. The maximum Gasteiger partial charge on any atom is 0.256 e. The summed E-state index contributed by atoms with van der Waals surface area (Å²) >= 11 is 0. The zero-order valence-corrected chi connectivity index (χ0v) is 15.2. The number of amides is 3. The van der Waals surface area contributed by atoms with Gasteiger partial charge in [-0.05, 0) is 51.2 Å². The zero-order chi connectivity index (χ0) is 18.3. The van der Waals surface area contributed by atoms with Crippen molar-refractivity contribution in [1.82, 2.24) is 9.80 Å². The van der Waals surface area contributed by atoms with Gasteiger partial charge in [0, 0.05) is 19.1 Å². The third kappa shape index (κ3) is 2.77. The number of benzene rings is 1. The Morgan fingerprint density at radius 2 is 1.88 bits per heavy atom. The predicted molar refractivity (Wildman–Crippen MR) is 97.9 cm³/mol. The summed E-state index contributed by atoms with van der Waals surface area (Å²) < 4.78 is 0. The van der Waals surface area contributed by atoms with Gasteiger partial charge in [0.1, 0.15) is 12.6 Å². The molecular formula is C20H25N3O3. The first kappa shape index (κ1) is 17.1.